The molecule has 0 fully saturated rings. The van der Waals surface area contributed by atoms with Gasteiger partial charge >= 0.3 is 6.03 Å². The molecule has 4 amide bonds. The smallest absolute Gasteiger partial charge is 0.318 e. The van der Waals surface area contributed by atoms with Crippen molar-refractivity contribution >= 4 is 40.8 Å². The van der Waals surface area contributed by atoms with E-state index in [1.54, 1.807) is 48.5 Å². The molecule has 0 saturated heterocycles. The normalized spacial score (nSPS) is 9.88. The first-order valence-electron chi connectivity index (χ1n) is 6.95. The summed E-state index contributed by atoms with van der Waals surface area (Å²) < 4.78 is 0. The zero-order chi connectivity index (χ0) is 17.5. The van der Waals surface area contributed by atoms with Gasteiger partial charge in [0.1, 0.15) is 0 Å². The molecule has 2 aromatic rings. The van der Waals surface area contributed by atoms with E-state index in [2.05, 4.69) is 10.6 Å². The minimum atomic E-state index is -0.935. The highest BCUT2D eigenvalue weighted by molar-refractivity contribution is 6.30. The lowest BCUT2D eigenvalue weighted by Gasteiger charge is -2.12. The fourth-order valence-electron chi connectivity index (χ4n) is 1.92. The Bertz CT molecular complexity index is 762. The predicted octanol–water partition coefficient (Wildman–Crippen LogP) is 2.20. The summed E-state index contributed by atoms with van der Waals surface area (Å²) in [6.07, 6.45) is 0. The van der Waals surface area contributed by atoms with Crippen molar-refractivity contribution < 1.29 is 14.4 Å². The molecule has 0 aliphatic rings. The Hall–Kier alpha value is -3.06. The highest BCUT2D eigenvalue weighted by Crippen LogP contribution is 2.18. The van der Waals surface area contributed by atoms with Gasteiger partial charge in [0.05, 0.1) is 12.1 Å². The van der Waals surface area contributed by atoms with Gasteiger partial charge in [0, 0.05) is 16.4 Å². The average Bonchev–Trinajstić information content (AvgIpc) is 2.54. The van der Waals surface area contributed by atoms with E-state index in [1.807, 2.05) is 5.32 Å². The molecule has 0 bridgehead atoms. The molecular formula is C16H15ClN4O3. The van der Waals surface area contributed by atoms with Crippen LogP contribution < -0.4 is 21.7 Å². The third-order valence-electron chi connectivity index (χ3n) is 2.98. The standard InChI is InChI=1S/C16H15ClN4O3/c17-10-5-7-11(8-6-10)20-15(23)12-3-1-2-4-13(12)19-9-14(22)21-16(18)24/h1-8,19H,9H2,(H,20,23)(H3,18,21,22,24). The van der Waals surface area contributed by atoms with E-state index in [-0.39, 0.29) is 12.5 Å². The molecule has 0 aliphatic carbocycles. The molecule has 0 atom stereocenters. The van der Waals surface area contributed by atoms with Crippen LogP contribution in [0.2, 0.25) is 5.02 Å². The van der Waals surface area contributed by atoms with Crippen molar-refractivity contribution in [1.82, 2.24) is 5.32 Å². The number of hydrogen-bond donors (Lipinski definition) is 4. The van der Waals surface area contributed by atoms with Gasteiger partial charge in [-0.25, -0.2) is 4.79 Å². The molecule has 0 saturated carbocycles. The molecule has 2 rings (SSSR count). The van der Waals surface area contributed by atoms with Gasteiger partial charge in [-0.2, -0.15) is 0 Å². The van der Waals surface area contributed by atoms with Crippen LogP contribution in [0.15, 0.2) is 48.5 Å². The SMILES string of the molecule is NC(=O)NC(=O)CNc1ccccc1C(=O)Nc1ccc(Cl)cc1. The van der Waals surface area contributed by atoms with Crippen LogP contribution in [0.25, 0.3) is 0 Å². The van der Waals surface area contributed by atoms with E-state index in [9.17, 15) is 14.4 Å². The Kier molecular flexibility index (Phi) is 5.75. The number of rotatable bonds is 5. The fraction of sp³-hybridized carbons (Fsp3) is 0.0625. The molecule has 0 aromatic heterocycles. The van der Waals surface area contributed by atoms with Crippen LogP contribution in [0.5, 0.6) is 0 Å². The summed E-state index contributed by atoms with van der Waals surface area (Å²) in [6, 6.07) is 12.4. The van der Waals surface area contributed by atoms with Crippen LogP contribution in [0.3, 0.4) is 0 Å². The number of nitrogens with one attached hydrogen (secondary N) is 3. The molecule has 0 heterocycles. The zero-order valence-electron chi connectivity index (χ0n) is 12.5. The van der Waals surface area contributed by atoms with Crippen molar-refractivity contribution in [1.29, 1.82) is 0 Å². The number of hydrogen-bond acceptors (Lipinski definition) is 4. The van der Waals surface area contributed by atoms with Crippen LogP contribution in [0, 0.1) is 0 Å². The number of anilines is 2. The Labute approximate surface area is 143 Å². The minimum absolute atomic E-state index is 0.200. The van der Waals surface area contributed by atoms with Gasteiger partial charge in [-0.05, 0) is 36.4 Å². The molecule has 24 heavy (non-hydrogen) atoms. The van der Waals surface area contributed by atoms with Gasteiger partial charge in [-0.3, -0.25) is 14.9 Å². The maximum Gasteiger partial charge on any atom is 0.318 e. The zero-order valence-corrected chi connectivity index (χ0v) is 13.3. The first-order chi connectivity index (χ1) is 11.5. The highest BCUT2D eigenvalue weighted by Gasteiger charge is 2.12. The lowest BCUT2D eigenvalue weighted by molar-refractivity contribution is -0.118. The molecule has 2 aromatic carbocycles. The van der Waals surface area contributed by atoms with Crippen LogP contribution >= 0.6 is 11.6 Å². The molecule has 7 nitrogen and oxygen atoms in total. The van der Waals surface area contributed by atoms with Crippen molar-refractivity contribution in [3.63, 3.8) is 0 Å². The van der Waals surface area contributed by atoms with E-state index in [4.69, 9.17) is 17.3 Å². The topological polar surface area (TPSA) is 113 Å². The van der Waals surface area contributed by atoms with Crippen LogP contribution in [-0.4, -0.2) is 24.4 Å². The van der Waals surface area contributed by atoms with Gasteiger partial charge in [-0.15, -0.1) is 0 Å². The third kappa shape index (κ3) is 4.99. The van der Waals surface area contributed by atoms with Crippen molar-refractivity contribution in [3.8, 4) is 0 Å². The Morgan fingerprint density at radius 3 is 2.33 bits per heavy atom. The predicted molar refractivity (Wildman–Crippen MR) is 92.1 cm³/mol. The minimum Gasteiger partial charge on any atom is -0.375 e. The van der Waals surface area contributed by atoms with E-state index in [0.29, 0.717) is 22.0 Å². The first kappa shape index (κ1) is 17.3. The number of imide groups is 1. The second kappa shape index (κ2) is 7.98. The molecule has 0 unspecified atom stereocenters. The van der Waals surface area contributed by atoms with Crippen molar-refractivity contribution in [2.75, 3.05) is 17.2 Å². The van der Waals surface area contributed by atoms with E-state index in [0.717, 1.165) is 0 Å². The molecule has 8 heteroatoms. The second-order valence-electron chi connectivity index (χ2n) is 4.77. The monoisotopic (exact) mass is 346 g/mol. The quantitative estimate of drug-likeness (QED) is 0.664. The fourth-order valence-corrected chi connectivity index (χ4v) is 2.05. The maximum absolute atomic E-state index is 12.4. The molecule has 5 N–H and O–H groups in total. The number of benzene rings is 2. The Morgan fingerprint density at radius 1 is 1.00 bits per heavy atom. The van der Waals surface area contributed by atoms with E-state index < -0.39 is 11.9 Å². The maximum atomic E-state index is 12.4. The van der Waals surface area contributed by atoms with Crippen molar-refractivity contribution in [2.45, 2.75) is 0 Å². The lowest BCUT2D eigenvalue weighted by Crippen LogP contribution is -2.38. The van der Waals surface area contributed by atoms with Gasteiger partial charge in [0.15, 0.2) is 0 Å². The van der Waals surface area contributed by atoms with Crippen LogP contribution in [-0.2, 0) is 4.79 Å². The summed E-state index contributed by atoms with van der Waals surface area (Å²) >= 11 is 5.80. The largest absolute Gasteiger partial charge is 0.375 e. The molecular weight excluding hydrogens is 332 g/mol. The van der Waals surface area contributed by atoms with Crippen LogP contribution in [0.4, 0.5) is 16.2 Å². The Morgan fingerprint density at radius 2 is 1.67 bits per heavy atom. The summed E-state index contributed by atoms with van der Waals surface area (Å²) in [5.74, 6) is -0.953. The van der Waals surface area contributed by atoms with Gasteiger partial charge in [0.2, 0.25) is 5.91 Å². The van der Waals surface area contributed by atoms with Gasteiger partial charge < -0.3 is 16.4 Å². The summed E-state index contributed by atoms with van der Waals surface area (Å²) in [4.78, 5) is 34.4. The van der Waals surface area contributed by atoms with Gasteiger partial charge in [-0.1, -0.05) is 23.7 Å². The third-order valence-corrected chi connectivity index (χ3v) is 3.23. The summed E-state index contributed by atoms with van der Waals surface area (Å²) in [6.45, 7) is -0.200. The number of amides is 4. The number of para-hydroxylation sites is 1. The summed E-state index contributed by atoms with van der Waals surface area (Å²) in [5, 5.41) is 8.02. The number of halogens is 1. The average molecular weight is 347 g/mol. The molecule has 0 spiro atoms. The van der Waals surface area contributed by atoms with E-state index >= 15 is 0 Å². The lowest BCUT2D eigenvalue weighted by atomic mass is 10.1. The number of carbonyl (C=O) groups excluding carboxylic acids is 3. The van der Waals surface area contributed by atoms with E-state index in [1.165, 1.54) is 0 Å². The van der Waals surface area contributed by atoms with Crippen molar-refractivity contribution in [2.24, 2.45) is 5.73 Å². The number of urea groups is 1. The highest BCUT2D eigenvalue weighted by atomic mass is 35.5. The van der Waals surface area contributed by atoms with Crippen LogP contribution in [0.1, 0.15) is 10.4 Å². The summed E-state index contributed by atoms with van der Waals surface area (Å²) in [5.41, 5.74) is 6.25. The molecule has 124 valence electrons. The number of primary amides is 1. The Balaban J connectivity index is 2.07. The number of nitrogens with two attached hydrogens (primary N) is 1. The molecule has 0 radical (unpaired) electrons. The molecule has 0 aliphatic heterocycles. The first-order valence-corrected chi connectivity index (χ1v) is 7.32. The number of carbonyl (C=O) groups is 3. The summed E-state index contributed by atoms with van der Waals surface area (Å²) in [7, 11) is 0. The van der Waals surface area contributed by atoms with Crippen molar-refractivity contribution in [3.05, 3.63) is 59.1 Å². The second-order valence-corrected chi connectivity index (χ2v) is 5.21. The van der Waals surface area contributed by atoms with Gasteiger partial charge in [0.25, 0.3) is 5.91 Å².